The highest BCUT2D eigenvalue weighted by atomic mass is 127. The van der Waals surface area contributed by atoms with E-state index in [1.54, 1.807) is 198 Å². The van der Waals surface area contributed by atoms with Crippen molar-refractivity contribution in [1.29, 1.82) is 0 Å². The number of carbonyl (C=O) groups is 6. The van der Waals surface area contributed by atoms with Gasteiger partial charge in [0.25, 0.3) is 6.43 Å². The van der Waals surface area contributed by atoms with Crippen LogP contribution in [0.15, 0.2) is 229 Å². The SMILES string of the molecule is CCC(=O)Oc1cccc(Br)c1COc1ccc(C)cc1C(F)F.CCC(=O)Oc1cccc(C)c1COc1ccc(C)cc1C(F)(F)F.CCC(=O)Oc1cccc(Cl)c1COc1ccc(C)cc1C(F)(F)F.CCC(=O)Oc1cccc(F)c1COc1ccc(C)cc1C(F)(F)F.CCC(=O)Oc1cccc(I)c1COc1ccc(C)cc1C(F)(F)F.CCC(=O)Oc1ccccc1COc1ccc(C)cc1C(F)(F)F. The standard InChI is InChI=1S/C19H19F3O3.C18H17BrF2O3.C18H16ClF3O3.C18H16F4O3.C18H16F3IO3.C18H17F3O3/c1-4-18(23)25-16-7-5-6-13(3)14(16)11-24-17-9-8-12(2)10-15(17)19(20,21)22;1-3-17(22)24-16-6-4-5-14(19)13(16)10-23-15-8-7-11(2)9-12(15)18(20)21;2*1-3-17(23)25-15-6-4-5-14(19)12(15)10-24-16-8-7-11(2)9-13(16)18(20,21)22;1-3-17(23)25-15-6-4-5-14(22)12(15)10-24-16-8-7-11(2)9-13(16)18(19,20)21;1-3-17(22)24-15-7-5-4-6-13(15)11-23-16-9-8-12(2)10-14(16)18(19,20)21/h5-10H,4,11H2,1-3H3;4-9,18H,3,10H2,1-2H3;3*4-9H,3,10H2,1-2H3;4-10H,3,11H2,1-2H3. The highest BCUT2D eigenvalue weighted by molar-refractivity contribution is 14.1. The number of ether oxygens (including phenoxy) is 12. The zero-order valence-electron chi connectivity index (χ0n) is 81.7. The van der Waals surface area contributed by atoms with E-state index in [9.17, 15) is 108 Å². The van der Waals surface area contributed by atoms with Crippen LogP contribution < -0.4 is 56.8 Å². The lowest BCUT2D eigenvalue weighted by Gasteiger charge is -2.17. The molecule has 0 aliphatic rings. The number of hydrogen-bond acceptors (Lipinski definition) is 18. The maximum absolute atomic E-state index is 14.0. The lowest BCUT2D eigenvalue weighted by Crippen LogP contribution is -2.12. The largest absolute Gasteiger partial charge is 0.488 e. The van der Waals surface area contributed by atoms with E-state index in [4.69, 9.17) is 68.4 Å². The topological polar surface area (TPSA) is 213 Å². The molecule has 12 rings (SSSR count). The summed E-state index contributed by atoms with van der Waals surface area (Å²) in [7, 11) is 0. The average Bonchev–Trinajstić information content (AvgIpc) is 0.458. The first-order chi connectivity index (χ1) is 69.6. The molecule has 0 atom stereocenters. The van der Waals surface area contributed by atoms with Crippen LogP contribution in [0, 0.1) is 57.9 Å². The number of hydrogen-bond donors (Lipinski definition) is 0. The second-order valence-corrected chi connectivity index (χ2v) is 34.5. The molecule has 12 aromatic rings. The molecule has 0 radical (unpaired) electrons. The van der Waals surface area contributed by atoms with E-state index in [1.165, 1.54) is 79.7 Å². The van der Waals surface area contributed by atoms with Crippen molar-refractivity contribution in [1.82, 2.24) is 0 Å². The van der Waals surface area contributed by atoms with Gasteiger partial charge in [0.2, 0.25) is 0 Å². The summed E-state index contributed by atoms with van der Waals surface area (Å²) in [6, 6.07) is 54.0. The quantitative estimate of drug-likeness (QED) is 0.0171. The van der Waals surface area contributed by atoms with Crippen LogP contribution in [0.25, 0.3) is 0 Å². The number of benzene rings is 12. The summed E-state index contributed by atoms with van der Waals surface area (Å²) in [6.45, 7) is 20.0. The minimum absolute atomic E-state index is 0.00344. The molecule has 0 bridgehead atoms. The molecule has 0 aromatic heterocycles. The molecular formula is C109H101BrClF18IO18. The van der Waals surface area contributed by atoms with Crippen LogP contribution in [-0.2, 0) is 99.3 Å². The fourth-order valence-electron chi connectivity index (χ4n) is 12.8. The van der Waals surface area contributed by atoms with Crippen molar-refractivity contribution >= 4 is 85.9 Å². The molecular weight excluding hydrogens is 2180 g/mol. The zero-order chi connectivity index (χ0) is 110. The Kier molecular flexibility index (Phi) is 46.4. The van der Waals surface area contributed by atoms with Gasteiger partial charge < -0.3 is 56.8 Å². The van der Waals surface area contributed by atoms with Gasteiger partial charge in [-0.3, -0.25) is 28.8 Å². The van der Waals surface area contributed by atoms with Gasteiger partial charge >= 0.3 is 66.7 Å². The number of halogens is 21. The maximum atomic E-state index is 14.0. The van der Waals surface area contributed by atoms with E-state index in [2.05, 4.69) is 15.9 Å². The van der Waals surface area contributed by atoms with Crippen molar-refractivity contribution in [3.05, 3.63) is 349 Å². The Hall–Kier alpha value is -13.5. The van der Waals surface area contributed by atoms with Gasteiger partial charge in [-0.25, -0.2) is 13.2 Å². The lowest BCUT2D eigenvalue weighted by atomic mass is 10.1. The number of aryl methyl sites for hydroxylation is 7. The normalized spacial score (nSPS) is 11.2. The third kappa shape index (κ3) is 38.0. The minimum Gasteiger partial charge on any atom is -0.488 e. The van der Waals surface area contributed by atoms with Crippen molar-refractivity contribution in [2.45, 2.75) is 205 Å². The van der Waals surface area contributed by atoms with Crippen LogP contribution in [-0.4, -0.2) is 35.8 Å². The average molecular weight is 2280 g/mol. The van der Waals surface area contributed by atoms with E-state index >= 15 is 0 Å². The van der Waals surface area contributed by atoms with E-state index < -0.39 is 113 Å². The molecule has 792 valence electrons. The van der Waals surface area contributed by atoms with Crippen molar-refractivity contribution in [3.8, 4) is 69.0 Å². The third-order valence-corrected chi connectivity index (χ3v) is 22.7. The number of para-hydroxylation sites is 1. The summed E-state index contributed by atoms with van der Waals surface area (Å²) in [5.41, 5.74) is 1.73. The predicted octanol–water partition coefficient (Wildman–Crippen LogP) is 31.8. The van der Waals surface area contributed by atoms with Crippen LogP contribution in [0.4, 0.5) is 79.0 Å². The Morgan fingerprint density at radius 3 is 0.926 bits per heavy atom. The van der Waals surface area contributed by atoms with Crippen LogP contribution >= 0.6 is 50.1 Å². The summed E-state index contributed by atoms with van der Waals surface area (Å²) in [6.07, 6.45) is -24.2. The summed E-state index contributed by atoms with van der Waals surface area (Å²) in [5, 5.41) is 0.238. The molecule has 0 fully saturated rings. The van der Waals surface area contributed by atoms with Crippen molar-refractivity contribution < 1.29 is 165 Å². The predicted molar refractivity (Wildman–Crippen MR) is 527 cm³/mol. The summed E-state index contributed by atoms with van der Waals surface area (Å²) < 4.78 is 302. The molecule has 39 heteroatoms. The number of carbonyl (C=O) groups excluding carboxylic acids is 6. The van der Waals surface area contributed by atoms with Crippen LogP contribution in [0.5, 0.6) is 69.0 Å². The summed E-state index contributed by atoms with van der Waals surface area (Å²) in [5.74, 6) is -3.52. The molecule has 12 aromatic carbocycles. The highest BCUT2D eigenvalue weighted by Crippen LogP contribution is 2.45. The Bertz CT molecular complexity index is 6020. The number of alkyl halides is 17. The molecule has 0 amide bonds. The molecule has 0 spiro atoms. The van der Waals surface area contributed by atoms with Gasteiger partial charge in [0.05, 0.1) is 49.5 Å². The number of rotatable bonds is 31. The Balaban J connectivity index is 0.000000240. The second kappa shape index (κ2) is 56.6. The second-order valence-electron chi connectivity index (χ2n) is 32.1. The van der Waals surface area contributed by atoms with Gasteiger partial charge in [0.1, 0.15) is 114 Å². The monoisotopic (exact) mass is 2280 g/mol. The highest BCUT2D eigenvalue weighted by Gasteiger charge is 2.40. The molecule has 0 aliphatic heterocycles. The summed E-state index contributed by atoms with van der Waals surface area (Å²) in [4.78, 5) is 68.9. The minimum atomic E-state index is -4.60. The molecule has 0 aliphatic carbocycles. The first-order valence-electron chi connectivity index (χ1n) is 45.2. The van der Waals surface area contributed by atoms with Crippen LogP contribution in [0.2, 0.25) is 5.02 Å². The molecule has 0 saturated heterocycles. The van der Waals surface area contributed by atoms with Crippen molar-refractivity contribution in [3.63, 3.8) is 0 Å². The lowest BCUT2D eigenvalue weighted by molar-refractivity contribution is -0.140. The van der Waals surface area contributed by atoms with E-state index in [0.29, 0.717) is 77.4 Å². The first kappa shape index (κ1) is 121. The van der Waals surface area contributed by atoms with Crippen LogP contribution in [0.1, 0.15) is 192 Å². The molecule has 18 nitrogen and oxygen atoms in total. The maximum Gasteiger partial charge on any atom is 0.419 e. The van der Waals surface area contributed by atoms with Gasteiger partial charge in [-0.05, 0) is 210 Å². The molecule has 0 heterocycles. The van der Waals surface area contributed by atoms with Crippen molar-refractivity contribution in [2.24, 2.45) is 0 Å². The zero-order valence-corrected chi connectivity index (χ0v) is 86.2. The van der Waals surface area contributed by atoms with Gasteiger partial charge in [-0.2, -0.15) is 65.9 Å². The fraction of sp³-hybridized carbons (Fsp3) is 0.284. The van der Waals surface area contributed by atoms with Gasteiger partial charge in [-0.1, -0.05) is 193 Å². The van der Waals surface area contributed by atoms with E-state index in [0.717, 1.165) is 51.1 Å². The number of esters is 6. The van der Waals surface area contributed by atoms with Gasteiger partial charge in [-0.15, -0.1) is 0 Å². The van der Waals surface area contributed by atoms with Gasteiger partial charge in [0.15, 0.2) is 0 Å². The molecule has 0 N–H and O–H groups in total. The van der Waals surface area contributed by atoms with Crippen LogP contribution in [0.3, 0.4) is 0 Å². The third-order valence-electron chi connectivity index (χ3n) is 20.6. The Morgan fingerprint density at radius 1 is 0.291 bits per heavy atom. The first-order valence-corrected chi connectivity index (χ1v) is 47.4. The summed E-state index contributed by atoms with van der Waals surface area (Å²) >= 11 is 11.5. The van der Waals surface area contributed by atoms with E-state index in [-0.39, 0.29) is 140 Å². The Morgan fingerprint density at radius 2 is 0.554 bits per heavy atom. The molecule has 148 heavy (non-hydrogen) atoms. The molecule has 0 unspecified atom stereocenters. The Labute approximate surface area is 868 Å². The smallest absolute Gasteiger partial charge is 0.419 e. The molecule has 0 saturated carbocycles. The fourth-order valence-corrected chi connectivity index (χ4v) is 14.1. The van der Waals surface area contributed by atoms with Gasteiger partial charge in [0, 0.05) is 68.8 Å². The van der Waals surface area contributed by atoms with Crippen molar-refractivity contribution in [2.75, 3.05) is 0 Å². The van der Waals surface area contributed by atoms with E-state index in [1.807, 2.05) is 22.6 Å².